The molecule has 11 heavy (non-hydrogen) atoms. The van der Waals surface area contributed by atoms with E-state index in [1.165, 1.54) is 0 Å². The summed E-state index contributed by atoms with van der Waals surface area (Å²) in [7, 11) is -3.38. The van der Waals surface area contributed by atoms with Crippen LogP contribution in [0.25, 0.3) is 0 Å². The van der Waals surface area contributed by atoms with E-state index < -0.39 is 8.25 Å². The molecule has 0 aliphatic carbocycles. The molecule has 5 nitrogen and oxygen atoms in total. The van der Waals surface area contributed by atoms with E-state index in [0.717, 1.165) is 0 Å². The summed E-state index contributed by atoms with van der Waals surface area (Å²) in [5.41, 5.74) is 1.79. The molecule has 1 aromatic rings. The molecule has 0 aliphatic rings. The van der Waals surface area contributed by atoms with Gasteiger partial charge in [-0.05, 0) is 0 Å². The molecule has 1 heterocycles. The van der Waals surface area contributed by atoms with E-state index in [2.05, 4.69) is 4.98 Å². The molecule has 8 heteroatoms. The first-order chi connectivity index (χ1) is 4.23. The monoisotopic (exact) mass is 223 g/mol. The van der Waals surface area contributed by atoms with Crippen molar-refractivity contribution in [2.75, 3.05) is 0 Å². The number of hydrogen-bond acceptors (Lipinski definition) is 4. The molecule has 0 bridgehead atoms. The zero-order valence-electron chi connectivity index (χ0n) is 5.85. The molecule has 0 saturated heterocycles. The van der Waals surface area contributed by atoms with Crippen molar-refractivity contribution in [3.05, 3.63) is 17.1 Å². The second-order valence-corrected chi connectivity index (χ2v) is 2.23. The van der Waals surface area contributed by atoms with E-state index in [-0.39, 0.29) is 56.9 Å². The van der Waals surface area contributed by atoms with Crippen molar-refractivity contribution in [2.45, 2.75) is 0 Å². The first-order valence-corrected chi connectivity index (χ1v) is 4.16. The van der Waals surface area contributed by atoms with Crippen LogP contribution in [-0.2, 0) is 4.57 Å². The Morgan fingerprint density at radius 2 is 2.09 bits per heavy atom. The Hall–Kier alpha value is 1.38. The van der Waals surface area contributed by atoms with Crippen LogP contribution in [0.1, 0.15) is 0 Å². The molecule has 60 valence electrons. The molecule has 0 amide bonds. The molecule has 0 spiro atoms. The van der Waals surface area contributed by atoms with E-state index in [1.54, 1.807) is 23.0 Å². The topological polar surface area (TPSA) is 105 Å². The number of aromatic nitrogens is 1. The van der Waals surface area contributed by atoms with Crippen LogP contribution in [0.5, 0.6) is 0 Å². The Morgan fingerprint density at radius 1 is 1.64 bits per heavy atom. The van der Waals surface area contributed by atoms with Gasteiger partial charge in [-0.2, -0.15) is 0 Å². The molecule has 3 N–H and O–H groups in total. The minimum atomic E-state index is -3.38. The molecule has 1 rings (SSSR count). The van der Waals surface area contributed by atoms with Crippen molar-refractivity contribution >= 4 is 19.6 Å². The minimum absolute atomic E-state index is 0. The molecule has 1 aromatic heterocycles. The third-order valence-corrected chi connectivity index (χ3v) is 0.869. The fourth-order valence-electron chi connectivity index (χ4n) is 0.176. The predicted octanol–water partition coefficient (Wildman–Crippen LogP) is -3.95. The molecule has 0 radical (unpaired) electrons. The summed E-state index contributed by atoms with van der Waals surface area (Å²) in [5, 5.41) is 1.93. The average Bonchev–Trinajstić information content (AvgIpc) is 2.11. The maximum absolute atomic E-state index is 8.63. The largest absolute Gasteiger partial charge is 1.00 e. The Labute approximate surface area is 111 Å². The Balaban J connectivity index is -0.000000101. The van der Waals surface area contributed by atoms with Gasteiger partial charge in [0, 0.05) is 11.6 Å². The van der Waals surface area contributed by atoms with Gasteiger partial charge in [0.15, 0.2) is 0 Å². The maximum atomic E-state index is 8.63. The molecule has 1 atom stereocenters. The van der Waals surface area contributed by atoms with Gasteiger partial charge < -0.3 is 19.8 Å². The van der Waals surface area contributed by atoms with Crippen molar-refractivity contribution < 1.29 is 71.2 Å². The van der Waals surface area contributed by atoms with Crippen molar-refractivity contribution in [3.63, 3.8) is 0 Å². The number of hydrogen-bond donors (Lipinski definition) is 1. The Bertz CT molecular complexity index is 139. The fourth-order valence-corrected chi connectivity index (χ4v) is 0.527. The molecule has 0 fully saturated rings. The second-order valence-electron chi connectivity index (χ2n) is 0.942. The first-order valence-electron chi connectivity index (χ1n) is 1.95. The summed E-state index contributed by atoms with van der Waals surface area (Å²) in [6.07, 6.45) is 1.77. The second kappa shape index (κ2) is 13.9. The van der Waals surface area contributed by atoms with Gasteiger partial charge in [-0.25, -0.2) is 0 Å². The Kier molecular flexibility index (Phi) is 23.1. The van der Waals surface area contributed by atoms with Crippen molar-refractivity contribution in [2.24, 2.45) is 0 Å². The number of thiazole rings is 1. The van der Waals surface area contributed by atoms with E-state index >= 15 is 0 Å². The predicted molar refractivity (Wildman–Crippen MR) is 36.9 cm³/mol. The molecule has 0 saturated carbocycles. The summed E-state index contributed by atoms with van der Waals surface area (Å²) in [4.78, 5) is 19.4. The summed E-state index contributed by atoms with van der Waals surface area (Å²) in [5.74, 6) is 0. The average molecular weight is 223 g/mol. The van der Waals surface area contributed by atoms with Crippen LogP contribution in [0.2, 0.25) is 0 Å². The van der Waals surface area contributed by atoms with E-state index in [0.29, 0.717) is 0 Å². The van der Waals surface area contributed by atoms with E-state index in [9.17, 15) is 0 Å². The molecular formula is C3H7KNO4PS. The van der Waals surface area contributed by atoms with Crippen LogP contribution in [0.15, 0.2) is 17.1 Å². The molecule has 0 aliphatic heterocycles. The summed E-state index contributed by atoms with van der Waals surface area (Å²) >= 11 is 1.60. The number of nitrogens with zero attached hydrogens (tertiary/aromatic N) is 1. The quantitative estimate of drug-likeness (QED) is 0.358. The van der Waals surface area contributed by atoms with Gasteiger partial charge in [-0.15, -0.1) is 11.3 Å². The van der Waals surface area contributed by atoms with Crippen LogP contribution >= 0.6 is 19.6 Å². The third-order valence-electron chi connectivity index (χ3n) is 0.347. The van der Waals surface area contributed by atoms with Gasteiger partial charge in [0.2, 0.25) is 0 Å². The summed E-state index contributed by atoms with van der Waals surface area (Å²) in [6, 6.07) is 0. The fraction of sp³-hybridized carbons (Fsp3) is 0. The van der Waals surface area contributed by atoms with Crippen LogP contribution < -0.4 is 56.3 Å². The van der Waals surface area contributed by atoms with E-state index in [1.807, 2.05) is 5.38 Å². The van der Waals surface area contributed by atoms with Crippen molar-refractivity contribution in [1.82, 2.24) is 4.98 Å². The molecule has 1 unspecified atom stereocenters. The smallest absolute Gasteiger partial charge is 0.781 e. The van der Waals surface area contributed by atoms with Crippen LogP contribution in [0.4, 0.5) is 0 Å². The van der Waals surface area contributed by atoms with Gasteiger partial charge in [0.05, 0.1) is 5.51 Å². The van der Waals surface area contributed by atoms with Gasteiger partial charge in [-0.1, -0.05) is 0 Å². The SMILES string of the molecule is O.O=[PH]([O-])O.[K+].c1cscn1. The number of rotatable bonds is 0. The standard InChI is InChI=1S/C3H3NS.K.H3O3P.H2O/c1-2-5-3-4-1;;1-4(2)3;/h1-3H;;4H,(H2,1,2,3);1H2/q;+1;;/p-1. The van der Waals surface area contributed by atoms with Gasteiger partial charge in [0.25, 0.3) is 0 Å². The van der Waals surface area contributed by atoms with Crippen molar-refractivity contribution in [1.29, 1.82) is 0 Å². The van der Waals surface area contributed by atoms with Crippen LogP contribution in [0.3, 0.4) is 0 Å². The van der Waals surface area contributed by atoms with Crippen molar-refractivity contribution in [3.8, 4) is 0 Å². The van der Waals surface area contributed by atoms with Crippen LogP contribution in [0, 0.1) is 0 Å². The molecule has 0 aromatic carbocycles. The normalized spacial score (nSPS) is 9.27. The Morgan fingerprint density at radius 3 is 2.18 bits per heavy atom. The van der Waals surface area contributed by atoms with Crippen LogP contribution in [-0.4, -0.2) is 15.4 Å². The first kappa shape index (κ1) is 18.2. The van der Waals surface area contributed by atoms with E-state index in [4.69, 9.17) is 14.4 Å². The summed E-state index contributed by atoms with van der Waals surface area (Å²) in [6.45, 7) is 0. The minimum Gasteiger partial charge on any atom is -0.781 e. The molecular weight excluding hydrogens is 216 g/mol. The van der Waals surface area contributed by atoms with Gasteiger partial charge in [-0.3, -0.25) is 4.98 Å². The third kappa shape index (κ3) is 24.6. The zero-order chi connectivity index (χ0) is 7.11. The van der Waals surface area contributed by atoms with Gasteiger partial charge in [0.1, 0.15) is 8.25 Å². The zero-order valence-corrected chi connectivity index (χ0v) is 10.8. The maximum Gasteiger partial charge on any atom is 1.00 e. The summed E-state index contributed by atoms with van der Waals surface area (Å²) < 4.78 is 8.63. The van der Waals surface area contributed by atoms with Gasteiger partial charge >= 0.3 is 51.4 Å².